The molecule has 0 unspecified atom stereocenters. The first kappa shape index (κ1) is 18.9. The molecule has 0 bridgehead atoms. The molecule has 29 heavy (non-hydrogen) atoms. The van der Waals surface area contributed by atoms with Crippen molar-refractivity contribution in [1.82, 2.24) is 14.5 Å². The number of fused-ring (bicyclic) bond motifs is 1. The van der Waals surface area contributed by atoms with Crippen LogP contribution in [0.5, 0.6) is 0 Å². The summed E-state index contributed by atoms with van der Waals surface area (Å²) in [5, 5.41) is 20.1. The van der Waals surface area contributed by atoms with E-state index in [1.165, 1.54) is 0 Å². The van der Waals surface area contributed by atoms with Gasteiger partial charge in [0.2, 0.25) is 0 Å². The maximum Gasteiger partial charge on any atom is 0.306 e. The van der Waals surface area contributed by atoms with E-state index in [1.54, 1.807) is 0 Å². The molecule has 0 saturated heterocycles. The minimum atomic E-state index is -0.693. The third-order valence-corrected chi connectivity index (χ3v) is 5.60. The average Bonchev–Trinajstić information content (AvgIpc) is 3.05. The van der Waals surface area contributed by atoms with Gasteiger partial charge in [-0.15, -0.1) is 0 Å². The first-order valence-electron chi connectivity index (χ1n) is 9.70. The fraction of sp³-hybridized carbons (Fsp3) is 0.333. The second-order valence-electron chi connectivity index (χ2n) is 7.56. The Bertz CT molecular complexity index is 1060. The highest BCUT2D eigenvalue weighted by Crippen LogP contribution is 2.28. The minimum Gasteiger partial charge on any atom is -0.481 e. The summed E-state index contributed by atoms with van der Waals surface area (Å²) in [6.07, 6.45) is 3.05. The van der Waals surface area contributed by atoms with Crippen molar-refractivity contribution >= 4 is 28.8 Å². The van der Waals surface area contributed by atoms with E-state index in [-0.39, 0.29) is 17.8 Å². The van der Waals surface area contributed by atoms with Gasteiger partial charge in [-0.2, -0.15) is 0 Å². The Morgan fingerprint density at radius 2 is 1.83 bits per heavy atom. The van der Waals surface area contributed by atoms with Crippen LogP contribution in [0.25, 0.3) is 22.6 Å². The summed E-state index contributed by atoms with van der Waals surface area (Å²) in [6, 6.07) is 11.5. The summed E-state index contributed by atoms with van der Waals surface area (Å²) in [5.74, 6) is 0.690. The third-order valence-electron chi connectivity index (χ3n) is 5.60. The number of aliphatic carboxylic acids is 1. The summed E-state index contributed by atoms with van der Waals surface area (Å²) in [7, 11) is 1.93. The van der Waals surface area contributed by atoms with Gasteiger partial charge in [-0.1, -0.05) is 24.3 Å². The molecule has 1 aliphatic carbocycles. The van der Waals surface area contributed by atoms with Gasteiger partial charge in [0.25, 0.3) is 0 Å². The largest absolute Gasteiger partial charge is 0.481 e. The summed E-state index contributed by atoms with van der Waals surface area (Å²) < 4.78 is 1.95. The predicted octanol–water partition coefficient (Wildman–Crippen LogP) is 2.97. The van der Waals surface area contributed by atoms with Gasteiger partial charge in [-0.3, -0.25) is 10.2 Å². The van der Waals surface area contributed by atoms with Crippen molar-refractivity contribution < 1.29 is 9.90 Å². The molecule has 4 rings (SSSR count). The van der Waals surface area contributed by atoms with Crippen LogP contribution >= 0.6 is 0 Å². The highest BCUT2D eigenvalue weighted by molar-refractivity contribution is 5.95. The van der Waals surface area contributed by atoms with Gasteiger partial charge in [0, 0.05) is 24.2 Å². The number of carboxylic acids is 1. The zero-order chi connectivity index (χ0) is 20.5. The lowest BCUT2D eigenvalue weighted by Crippen LogP contribution is -2.29. The Morgan fingerprint density at radius 1 is 1.14 bits per heavy atom. The van der Waals surface area contributed by atoms with Crippen LogP contribution in [0.1, 0.15) is 31.2 Å². The van der Waals surface area contributed by atoms with Crippen molar-refractivity contribution in [2.45, 2.75) is 31.7 Å². The van der Waals surface area contributed by atoms with Crippen LogP contribution in [-0.4, -0.2) is 37.5 Å². The normalized spacial score (nSPS) is 19.2. The fourth-order valence-corrected chi connectivity index (χ4v) is 3.90. The third kappa shape index (κ3) is 3.78. The van der Waals surface area contributed by atoms with Crippen molar-refractivity contribution in [2.75, 3.05) is 5.32 Å². The number of nitrogens with zero attached hydrogens (tertiary/aromatic N) is 3. The maximum absolute atomic E-state index is 11.1. The minimum absolute atomic E-state index is 0.0383. The van der Waals surface area contributed by atoms with Crippen molar-refractivity contribution in [1.29, 1.82) is 5.41 Å². The Hall–Kier alpha value is -3.42. The molecule has 0 aliphatic heterocycles. The Balaban J connectivity index is 1.55. The zero-order valence-electron chi connectivity index (χ0n) is 16.2. The lowest BCUT2D eigenvalue weighted by atomic mass is 9.86. The van der Waals surface area contributed by atoms with Crippen molar-refractivity contribution in [2.24, 2.45) is 18.7 Å². The maximum atomic E-state index is 11.1. The number of benzene rings is 1. The number of pyridine rings is 1. The second kappa shape index (κ2) is 7.54. The summed E-state index contributed by atoms with van der Waals surface area (Å²) in [4.78, 5) is 20.5. The van der Waals surface area contributed by atoms with Gasteiger partial charge in [-0.05, 0) is 37.8 Å². The summed E-state index contributed by atoms with van der Waals surface area (Å²) >= 11 is 0. The van der Waals surface area contributed by atoms with Gasteiger partial charge in [0.15, 0.2) is 5.65 Å². The number of nitrogens with two attached hydrogens (primary N) is 1. The van der Waals surface area contributed by atoms with E-state index in [1.807, 2.05) is 48.0 Å². The first-order chi connectivity index (χ1) is 13.9. The van der Waals surface area contributed by atoms with Crippen LogP contribution in [0.2, 0.25) is 0 Å². The fourth-order valence-electron chi connectivity index (χ4n) is 3.90. The number of hydrogen-bond donors (Lipinski definition) is 4. The number of carboxylic acid groups (broad SMARTS) is 1. The number of anilines is 1. The number of nitrogens with one attached hydrogen (secondary N) is 2. The molecule has 2 heterocycles. The van der Waals surface area contributed by atoms with Gasteiger partial charge < -0.3 is 20.7 Å². The van der Waals surface area contributed by atoms with E-state index in [9.17, 15) is 4.79 Å². The standard InChI is InChI=1S/C21H24N6O2/c1-27-19(13-4-2-12(3-5-13)18(22)23)25-16-10-11-17(26-20(16)27)24-15-8-6-14(7-9-15)21(28)29/h2-5,10-11,14-15H,6-9H2,1H3,(H3,22,23)(H,24,26)(H,28,29). The van der Waals surface area contributed by atoms with E-state index in [4.69, 9.17) is 26.2 Å². The molecule has 0 atom stereocenters. The van der Waals surface area contributed by atoms with E-state index in [0.29, 0.717) is 18.4 Å². The number of rotatable bonds is 5. The quantitative estimate of drug-likeness (QED) is 0.390. The lowest BCUT2D eigenvalue weighted by molar-refractivity contribution is -0.142. The molecular weight excluding hydrogens is 368 g/mol. The molecule has 0 radical (unpaired) electrons. The van der Waals surface area contributed by atoms with Crippen LogP contribution in [0.3, 0.4) is 0 Å². The van der Waals surface area contributed by atoms with Gasteiger partial charge in [0.05, 0.1) is 5.92 Å². The second-order valence-corrected chi connectivity index (χ2v) is 7.56. The topological polar surface area (TPSA) is 130 Å². The van der Waals surface area contributed by atoms with E-state index >= 15 is 0 Å². The van der Waals surface area contributed by atoms with Crippen molar-refractivity contribution in [3.8, 4) is 11.4 Å². The number of imidazole rings is 1. The van der Waals surface area contributed by atoms with Crippen LogP contribution < -0.4 is 11.1 Å². The van der Waals surface area contributed by atoms with Crippen molar-refractivity contribution in [3.63, 3.8) is 0 Å². The van der Waals surface area contributed by atoms with Crippen molar-refractivity contribution in [3.05, 3.63) is 42.0 Å². The molecule has 1 fully saturated rings. The Morgan fingerprint density at radius 3 is 2.45 bits per heavy atom. The van der Waals surface area contributed by atoms with Gasteiger partial charge in [-0.25, -0.2) is 9.97 Å². The molecule has 8 nitrogen and oxygen atoms in total. The number of amidine groups is 1. The molecule has 5 N–H and O–H groups in total. The summed E-state index contributed by atoms with van der Waals surface area (Å²) in [6.45, 7) is 0. The highest BCUT2D eigenvalue weighted by atomic mass is 16.4. The monoisotopic (exact) mass is 392 g/mol. The highest BCUT2D eigenvalue weighted by Gasteiger charge is 2.26. The van der Waals surface area contributed by atoms with E-state index in [2.05, 4.69) is 5.32 Å². The molecule has 0 spiro atoms. The van der Waals surface area contributed by atoms with Crippen LogP contribution in [0.4, 0.5) is 5.82 Å². The summed E-state index contributed by atoms with van der Waals surface area (Å²) in [5.41, 5.74) is 8.71. The lowest BCUT2D eigenvalue weighted by Gasteiger charge is -2.27. The SMILES string of the molecule is Cn1c(-c2ccc(C(=N)N)cc2)nc2ccc(NC3CCC(C(=O)O)CC3)nc21. The molecule has 0 amide bonds. The number of hydrogen-bond acceptors (Lipinski definition) is 5. The number of aromatic nitrogens is 3. The molecule has 150 valence electrons. The van der Waals surface area contributed by atoms with Crippen LogP contribution in [0.15, 0.2) is 36.4 Å². The smallest absolute Gasteiger partial charge is 0.306 e. The van der Waals surface area contributed by atoms with Gasteiger partial charge in [0.1, 0.15) is 23.0 Å². The first-order valence-corrected chi connectivity index (χ1v) is 9.70. The molecule has 2 aromatic heterocycles. The Kier molecular flexibility index (Phi) is 4.92. The molecule has 3 aromatic rings. The van der Waals surface area contributed by atoms with Crippen LogP contribution in [-0.2, 0) is 11.8 Å². The number of carbonyl (C=O) groups is 1. The molecule has 1 aliphatic rings. The molecule has 1 aromatic carbocycles. The van der Waals surface area contributed by atoms with E-state index < -0.39 is 5.97 Å². The Labute approximate surface area is 168 Å². The molecule has 8 heteroatoms. The molecular formula is C21H24N6O2. The van der Waals surface area contributed by atoms with E-state index in [0.717, 1.165) is 41.2 Å². The molecule has 1 saturated carbocycles. The zero-order valence-corrected chi connectivity index (χ0v) is 16.2. The number of nitrogen functional groups attached to an aromatic ring is 1. The van der Waals surface area contributed by atoms with Gasteiger partial charge >= 0.3 is 5.97 Å². The van der Waals surface area contributed by atoms with Crippen LogP contribution in [0, 0.1) is 11.3 Å². The number of aryl methyl sites for hydroxylation is 1. The average molecular weight is 392 g/mol. The predicted molar refractivity (Wildman–Crippen MR) is 112 cm³/mol.